The zero-order valence-electron chi connectivity index (χ0n) is 12.2. The maximum atomic E-state index is 11.9. The van der Waals surface area contributed by atoms with Crippen molar-refractivity contribution in [1.82, 2.24) is 10.2 Å². The molecule has 17 heavy (non-hydrogen) atoms. The summed E-state index contributed by atoms with van der Waals surface area (Å²) >= 11 is 0. The molecular weight excluding hydrogens is 216 g/mol. The Morgan fingerprint density at radius 1 is 1.41 bits per heavy atom. The van der Waals surface area contributed by atoms with E-state index in [1.807, 2.05) is 13.8 Å². The average molecular weight is 244 g/mol. The minimum Gasteiger partial charge on any atom is -0.465 e. The number of ether oxygens (including phenoxy) is 1. The largest absolute Gasteiger partial charge is 0.465 e. The van der Waals surface area contributed by atoms with Crippen LogP contribution in [0.2, 0.25) is 0 Å². The highest BCUT2D eigenvalue weighted by Gasteiger charge is 2.35. The maximum Gasteiger partial charge on any atom is 0.327 e. The molecule has 0 amide bonds. The van der Waals surface area contributed by atoms with Gasteiger partial charge in [0.05, 0.1) is 6.61 Å². The van der Waals surface area contributed by atoms with Gasteiger partial charge in [-0.15, -0.1) is 0 Å². The second-order valence-electron chi connectivity index (χ2n) is 4.62. The van der Waals surface area contributed by atoms with Crippen molar-refractivity contribution in [1.29, 1.82) is 0 Å². The van der Waals surface area contributed by atoms with Gasteiger partial charge >= 0.3 is 5.97 Å². The van der Waals surface area contributed by atoms with Crippen LogP contribution >= 0.6 is 0 Å². The summed E-state index contributed by atoms with van der Waals surface area (Å²) in [6.45, 7) is 12.2. The van der Waals surface area contributed by atoms with Crippen molar-refractivity contribution in [2.45, 2.75) is 52.6 Å². The molecular formula is C13H28N2O2. The Morgan fingerprint density at radius 3 is 2.35 bits per heavy atom. The second-order valence-corrected chi connectivity index (χ2v) is 4.62. The first-order chi connectivity index (χ1) is 7.95. The van der Waals surface area contributed by atoms with Gasteiger partial charge in [-0.3, -0.25) is 9.69 Å². The number of hydrogen-bond donors (Lipinski definition) is 1. The number of hydrogen-bond acceptors (Lipinski definition) is 4. The fourth-order valence-electron chi connectivity index (χ4n) is 1.78. The van der Waals surface area contributed by atoms with Crippen LogP contribution in [-0.4, -0.2) is 49.2 Å². The molecule has 0 aromatic carbocycles. The van der Waals surface area contributed by atoms with Gasteiger partial charge in [0.2, 0.25) is 0 Å². The van der Waals surface area contributed by atoms with Gasteiger partial charge < -0.3 is 10.1 Å². The van der Waals surface area contributed by atoms with E-state index in [0.717, 1.165) is 13.0 Å². The van der Waals surface area contributed by atoms with Crippen LogP contribution in [0.4, 0.5) is 0 Å². The van der Waals surface area contributed by atoms with Crippen molar-refractivity contribution < 1.29 is 9.53 Å². The Kier molecular flexibility index (Phi) is 7.39. The molecule has 0 aromatic heterocycles. The van der Waals surface area contributed by atoms with E-state index >= 15 is 0 Å². The van der Waals surface area contributed by atoms with Crippen LogP contribution in [-0.2, 0) is 9.53 Å². The summed E-state index contributed by atoms with van der Waals surface area (Å²) in [5.74, 6) is -0.177. The normalized spacial score (nSPS) is 16.6. The monoisotopic (exact) mass is 244 g/mol. The summed E-state index contributed by atoms with van der Waals surface area (Å²) in [4.78, 5) is 14.2. The highest BCUT2D eigenvalue weighted by molar-refractivity contribution is 5.80. The fraction of sp³-hybridized carbons (Fsp3) is 0.923. The minimum atomic E-state index is -0.630. The molecule has 0 aliphatic rings. The van der Waals surface area contributed by atoms with E-state index in [2.05, 4.69) is 31.0 Å². The van der Waals surface area contributed by atoms with Gasteiger partial charge in [-0.1, -0.05) is 13.8 Å². The fourth-order valence-corrected chi connectivity index (χ4v) is 1.78. The Labute approximate surface area is 106 Å². The molecule has 0 rings (SSSR count). The number of carbonyl (C=O) groups excluding carboxylic acids is 1. The molecule has 0 aromatic rings. The third-order valence-corrected chi connectivity index (χ3v) is 3.42. The molecule has 1 N–H and O–H groups in total. The highest BCUT2D eigenvalue weighted by Crippen LogP contribution is 2.13. The van der Waals surface area contributed by atoms with Crippen molar-refractivity contribution in [2.75, 3.05) is 26.7 Å². The van der Waals surface area contributed by atoms with E-state index in [1.165, 1.54) is 0 Å². The van der Waals surface area contributed by atoms with E-state index in [0.29, 0.717) is 19.2 Å². The quantitative estimate of drug-likeness (QED) is 0.659. The van der Waals surface area contributed by atoms with Crippen LogP contribution in [0.15, 0.2) is 0 Å². The second kappa shape index (κ2) is 7.67. The molecule has 2 atom stereocenters. The maximum absolute atomic E-state index is 11.9. The van der Waals surface area contributed by atoms with Crippen LogP contribution in [0.25, 0.3) is 0 Å². The van der Waals surface area contributed by atoms with Gasteiger partial charge in [-0.05, 0) is 40.8 Å². The first-order valence-corrected chi connectivity index (χ1v) is 6.55. The SMILES string of the molecule is CCOC(=O)C(C)(CN(CC)C(C)CC)NC. The lowest BCUT2D eigenvalue weighted by molar-refractivity contribution is -0.151. The van der Waals surface area contributed by atoms with Gasteiger partial charge in [-0.2, -0.15) is 0 Å². The summed E-state index contributed by atoms with van der Waals surface area (Å²) < 4.78 is 5.13. The topological polar surface area (TPSA) is 41.6 Å². The molecule has 0 spiro atoms. The molecule has 0 saturated carbocycles. The molecule has 2 unspecified atom stereocenters. The molecule has 4 heteroatoms. The summed E-state index contributed by atoms with van der Waals surface area (Å²) in [6.07, 6.45) is 1.08. The molecule has 0 aliphatic carbocycles. The first-order valence-electron chi connectivity index (χ1n) is 6.55. The van der Waals surface area contributed by atoms with E-state index in [-0.39, 0.29) is 5.97 Å². The van der Waals surface area contributed by atoms with Crippen LogP contribution in [0.3, 0.4) is 0 Å². The third kappa shape index (κ3) is 4.64. The molecule has 0 aliphatic heterocycles. The third-order valence-electron chi connectivity index (χ3n) is 3.42. The van der Waals surface area contributed by atoms with Crippen molar-refractivity contribution >= 4 is 5.97 Å². The van der Waals surface area contributed by atoms with E-state index in [9.17, 15) is 4.79 Å². The summed E-state index contributed by atoms with van der Waals surface area (Å²) in [6, 6.07) is 0.474. The number of esters is 1. The lowest BCUT2D eigenvalue weighted by atomic mass is 10.0. The molecule has 0 radical (unpaired) electrons. The predicted octanol–water partition coefficient (Wildman–Crippen LogP) is 1.65. The number of rotatable bonds is 8. The van der Waals surface area contributed by atoms with Gasteiger partial charge in [0, 0.05) is 12.6 Å². The van der Waals surface area contributed by atoms with Gasteiger partial charge in [0.15, 0.2) is 0 Å². The predicted molar refractivity (Wildman–Crippen MR) is 71.1 cm³/mol. The molecule has 102 valence electrons. The Morgan fingerprint density at radius 2 is 2.00 bits per heavy atom. The zero-order valence-corrected chi connectivity index (χ0v) is 12.2. The summed E-state index contributed by atoms with van der Waals surface area (Å²) in [7, 11) is 1.81. The Hall–Kier alpha value is -0.610. The van der Waals surface area contributed by atoms with E-state index in [4.69, 9.17) is 4.74 Å². The zero-order chi connectivity index (χ0) is 13.5. The minimum absolute atomic E-state index is 0.177. The number of nitrogens with zero attached hydrogens (tertiary/aromatic N) is 1. The van der Waals surface area contributed by atoms with Crippen molar-refractivity contribution in [3.8, 4) is 0 Å². The van der Waals surface area contributed by atoms with Crippen molar-refractivity contribution in [3.63, 3.8) is 0 Å². The van der Waals surface area contributed by atoms with Crippen LogP contribution in [0.5, 0.6) is 0 Å². The highest BCUT2D eigenvalue weighted by atomic mass is 16.5. The number of carbonyl (C=O) groups is 1. The van der Waals surface area contributed by atoms with Gasteiger partial charge in [0.25, 0.3) is 0 Å². The van der Waals surface area contributed by atoms with Crippen molar-refractivity contribution in [3.05, 3.63) is 0 Å². The molecule has 0 bridgehead atoms. The van der Waals surface area contributed by atoms with E-state index < -0.39 is 5.54 Å². The van der Waals surface area contributed by atoms with Crippen LogP contribution in [0, 0.1) is 0 Å². The van der Waals surface area contributed by atoms with Crippen molar-refractivity contribution in [2.24, 2.45) is 0 Å². The van der Waals surface area contributed by atoms with Crippen LogP contribution in [0.1, 0.15) is 41.0 Å². The standard InChI is InChI=1S/C13H28N2O2/c1-7-11(4)15(8-2)10-13(5,14-6)12(16)17-9-3/h11,14H,7-10H2,1-6H3. The number of likely N-dealkylation sites (N-methyl/N-ethyl adjacent to an activating group) is 2. The van der Waals surface area contributed by atoms with Crippen LogP contribution < -0.4 is 5.32 Å². The lowest BCUT2D eigenvalue weighted by Gasteiger charge is -2.35. The smallest absolute Gasteiger partial charge is 0.327 e. The number of nitrogens with one attached hydrogen (secondary N) is 1. The first kappa shape index (κ1) is 16.4. The average Bonchev–Trinajstić information content (AvgIpc) is 2.34. The Balaban J connectivity index is 4.69. The summed E-state index contributed by atoms with van der Waals surface area (Å²) in [5.41, 5.74) is -0.630. The van der Waals surface area contributed by atoms with Gasteiger partial charge in [-0.25, -0.2) is 0 Å². The summed E-state index contributed by atoms with van der Waals surface area (Å²) in [5, 5.41) is 3.09. The molecule has 4 nitrogen and oxygen atoms in total. The lowest BCUT2D eigenvalue weighted by Crippen LogP contribution is -2.57. The Bertz CT molecular complexity index is 233. The van der Waals surface area contributed by atoms with E-state index in [1.54, 1.807) is 7.05 Å². The molecule has 0 heterocycles. The molecule has 0 fully saturated rings. The van der Waals surface area contributed by atoms with Gasteiger partial charge in [0.1, 0.15) is 5.54 Å². The molecule has 0 saturated heterocycles.